The minimum Gasteiger partial charge on any atom is -0.378 e. The molecule has 0 spiro atoms. The van der Waals surface area contributed by atoms with Crippen LogP contribution in [0.3, 0.4) is 0 Å². The van der Waals surface area contributed by atoms with E-state index in [-0.39, 0.29) is 0 Å². The minimum atomic E-state index is 0.471. The Hall–Kier alpha value is -0.300. The second-order valence-electron chi connectivity index (χ2n) is 12.6. The molecule has 4 aliphatic carbocycles. The van der Waals surface area contributed by atoms with Gasteiger partial charge in [-0.3, -0.25) is 0 Å². The van der Waals surface area contributed by atoms with Gasteiger partial charge in [-0.2, -0.15) is 0 Å². The van der Waals surface area contributed by atoms with Crippen LogP contribution in [0.4, 0.5) is 0 Å². The third-order valence-corrected chi connectivity index (χ3v) is 10.7. The molecular weight excluding hydrogens is 364 g/mol. The van der Waals surface area contributed by atoms with Crippen molar-refractivity contribution in [2.24, 2.45) is 46.3 Å². The van der Waals surface area contributed by atoms with Crippen LogP contribution < -0.4 is 0 Å². The van der Waals surface area contributed by atoms with Gasteiger partial charge in [0.1, 0.15) is 0 Å². The first-order valence-electron chi connectivity index (χ1n) is 13.6. The number of fused-ring (bicyclic) bond motifs is 5. The topological polar surface area (TPSA) is 9.23 Å². The predicted molar refractivity (Wildman–Crippen MR) is 128 cm³/mol. The van der Waals surface area contributed by atoms with Gasteiger partial charge >= 0.3 is 0 Å². The first-order valence-corrected chi connectivity index (χ1v) is 13.6. The predicted octanol–water partition coefficient (Wildman–Crippen LogP) is 8.43. The van der Waals surface area contributed by atoms with Gasteiger partial charge in [0.2, 0.25) is 0 Å². The smallest absolute Gasteiger partial charge is 0.0612 e. The van der Waals surface area contributed by atoms with E-state index in [1.54, 1.807) is 5.57 Å². The summed E-state index contributed by atoms with van der Waals surface area (Å²) in [6, 6.07) is 0. The Morgan fingerprint density at radius 2 is 1.80 bits per heavy atom. The van der Waals surface area contributed by atoms with Gasteiger partial charge in [0.15, 0.2) is 0 Å². The number of ether oxygens (including phenoxy) is 1. The van der Waals surface area contributed by atoms with Crippen molar-refractivity contribution < 1.29 is 4.74 Å². The van der Waals surface area contributed by atoms with Crippen LogP contribution in [-0.4, -0.2) is 12.7 Å². The highest BCUT2D eigenvalue weighted by molar-refractivity contribution is 5.25. The quantitative estimate of drug-likeness (QED) is 0.380. The Kier molecular flexibility index (Phi) is 6.80. The molecule has 0 radical (unpaired) electrons. The summed E-state index contributed by atoms with van der Waals surface area (Å²) < 4.78 is 6.04. The molecule has 0 unspecified atom stereocenters. The summed E-state index contributed by atoms with van der Waals surface area (Å²) in [6.45, 7) is 15.7. The number of hydrogen-bond donors (Lipinski definition) is 0. The molecule has 0 aliphatic heterocycles. The monoisotopic (exact) mass is 414 g/mol. The van der Waals surface area contributed by atoms with Crippen molar-refractivity contribution >= 4 is 0 Å². The molecule has 0 amide bonds. The summed E-state index contributed by atoms with van der Waals surface area (Å²) in [5.41, 5.74) is 2.86. The van der Waals surface area contributed by atoms with Gasteiger partial charge in [-0.25, -0.2) is 0 Å². The standard InChI is InChI=1S/C29H50O/c1-7-30-23-15-17-28(5)22(19-23)11-12-24-26-14-13-25(21(4)10-8-9-20(2)3)29(26,6)18-16-27(24)28/h11,20-21,23-27H,7-10,12-19H2,1-6H3/t21-,23-,24+,25-,26+,27+,28+,29-/m1/s1. The zero-order valence-corrected chi connectivity index (χ0v) is 21.0. The van der Waals surface area contributed by atoms with E-state index in [1.807, 2.05) is 0 Å². The van der Waals surface area contributed by atoms with Crippen molar-refractivity contribution in [2.45, 2.75) is 118 Å². The van der Waals surface area contributed by atoms with Crippen LogP contribution >= 0.6 is 0 Å². The van der Waals surface area contributed by atoms with E-state index < -0.39 is 0 Å². The molecule has 0 aromatic carbocycles. The summed E-state index contributed by atoms with van der Waals surface area (Å²) >= 11 is 0. The molecule has 3 fully saturated rings. The van der Waals surface area contributed by atoms with Crippen molar-refractivity contribution in [1.82, 2.24) is 0 Å². The molecule has 0 aromatic rings. The molecule has 1 nitrogen and oxygen atoms in total. The lowest BCUT2D eigenvalue weighted by Gasteiger charge is -2.58. The Labute approximate surface area is 187 Å². The van der Waals surface area contributed by atoms with E-state index in [1.165, 1.54) is 70.6 Å². The van der Waals surface area contributed by atoms with Crippen LogP contribution in [0.15, 0.2) is 11.6 Å². The lowest BCUT2D eigenvalue weighted by Crippen LogP contribution is -2.51. The third-order valence-electron chi connectivity index (χ3n) is 10.7. The fourth-order valence-corrected chi connectivity index (χ4v) is 9.03. The summed E-state index contributed by atoms with van der Waals surface area (Å²) in [4.78, 5) is 0. The second kappa shape index (κ2) is 8.92. The van der Waals surface area contributed by atoms with Gasteiger partial charge in [0.25, 0.3) is 0 Å². The Balaban J connectivity index is 1.47. The second-order valence-corrected chi connectivity index (χ2v) is 12.6. The number of hydrogen-bond acceptors (Lipinski definition) is 1. The number of allylic oxidation sites excluding steroid dienone is 1. The molecule has 4 rings (SSSR count). The lowest BCUT2D eigenvalue weighted by molar-refractivity contribution is -0.0630. The minimum absolute atomic E-state index is 0.471. The van der Waals surface area contributed by atoms with Gasteiger partial charge in [0, 0.05) is 6.61 Å². The summed E-state index contributed by atoms with van der Waals surface area (Å²) in [5, 5.41) is 0. The molecule has 0 saturated heterocycles. The van der Waals surface area contributed by atoms with Crippen LogP contribution in [0.5, 0.6) is 0 Å². The average Bonchev–Trinajstić information content (AvgIpc) is 3.05. The summed E-state index contributed by atoms with van der Waals surface area (Å²) in [7, 11) is 0. The van der Waals surface area contributed by atoms with Crippen LogP contribution in [0.1, 0.15) is 112 Å². The van der Waals surface area contributed by atoms with Crippen molar-refractivity contribution in [1.29, 1.82) is 0 Å². The zero-order valence-electron chi connectivity index (χ0n) is 21.0. The maximum atomic E-state index is 6.04. The molecule has 1 heteroatoms. The highest BCUT2D eigenvalue weighted by Crippen LogP contribution is 2.67. The zero-order chi connectivity index (χ0) is 21.5. The van der Waals surface area contributed by atoms with Crippen LogP contribution in [0.25, 0.3) is 0 Å². The molecule has 0 bridgehead atoms. The highest BCUT2D eigenvalue weighted by atomic mass is 16.5. The molecule has 4 aliphatic rings. The summed E-state index contributed by atoms with van der Waals surface area (Å²) in [6.07, 6.45) is 18.7. The molecular formula is C29H50O. The van der Waals surface area contributed by atoms with Gasteiger partial charge < -0.3 is 4.74 Å². The fraction of sp³-hybridized carbons (Fsp3) is 0.931. The van der Waals surface area contributed by atoms with Crippen molar-refractivity contribution in [2.75, 3.05) is 6.61 Å². The Morgan fingerprint density at radius 3 is 2.53 bits per heavy atom. The SMILES string of the molecule is CCO[C@@H]1CC[C@@]2(C)C(=CC[C@H]3[C@@H]4CC[C@H]([C@H](C)CCCC(C)C)[C@@]4(C)CC[C@@H]32)C1. The first-order chi connectivity index (χ1) is 14.3. The fourth-order valence-electron chi connectivity index (χ4n) is 9.03. The number of rotatable bonds is 7. The first kappa shape index (κ1) is 22.9. The van der Waals surface area contributed by atoms with E-state index in [2.05, 4.69) is 47.6 Å². The van der Waals surface area contributed by atoms with Gasteiger partial charge in [-0.05, 0) is 105 Å². The lowest BCUT2D eigenvalue weighted by atomic mass is 9.47. The van der Waals surface area contributed by atoms with Crippen LogP contribution in [-0.2, 0) is 4.74 Å². The average molecular weight is 415 g/mol. The Morgan fingerprint density at radius 1 is 1.00 bits per heavy atom. The van der Waals surface area contributed by atoms with Gasteiger partial charge in [-0.15, -0.1) is 0 Å². The molecule has 0 aromatic heterocycles. The molecule has 30 heavy (non-hydrogen) atoms. The van der Waals surface area contributed by atoms with E-state index in [0.717, 1.165) is 42.1 Å². The van der Waals surface area contributed by atoms with E-state index in [4.69, 9.17) is 4.74 Å². The maximum Gasteiger partial charge on any atom is 0.0612 e. The largest absolute Gasteiger partial charge is 0.378 e. The van der Waals surface area contributed by atoms with E-state index in [0.29, 0.717) is 16.9 Å². The molecule has 0 heterocycles. The van der Waals surface area contributed by atoms with Crippen LogP contribution in [0.2, 0.25) is 0 Å². The van der Waals surface area contributed by atoms with Crippen molar-refractivity contribution in [3.63, 3.8) is 0 Å². The molecule has 8 atom stereocenters. The maximum absolute atomic E-state index is 6.04. The summed E-state index contributed by atoms with van der Waals surface area (Å²) in [5.74, 6) is 5.63. The Bertz CT molecular complexity index is 620. The third kappa shape index (κ3) is 3.95. The molecule has 172 valence electrons. The van der Waals surface area contributed by atoms with Gasteiger partial charge in [-0.1, -0.05) is 65.5 Å². The van der Waals surface area contributed by atoms with Gasteiger partial charge in [0.05, 0.1) is 6.10 Å². The normalized spacial score (nSPS) is 44.2. The van der Waals surface area contributed by atoms with E-state index in [9.17, 15) is 0 Å². The van der Waals surface area contributed by atoms with Crippen molar-refractivity contribution in [3.8, 4) is 0 Å². The highest BCUT2D eigenvalue weighted by Gasteiger charge is 2.59. The molecule has 0 N–H and O–H groups in total. The van der Waals surface area contributed by atoms with Crippen molar-refractivity contribution in [3.05, 3.63) is 11.6 Å². The molecule has 3 saturated carbocycles. The van der Waals surface area contributed by atoms with E-state index >= 15 is 0 Å². The van der Waals surface area contributed by atoms with Crippen LogP contribution in [0, 0.1) is 46.3 Å².